The third-order valence-corrected chi connectivity index (χ3v) is 3.22. The molecule has 0 aliphatic heterocycles. The van der Waals surface area contributed by atoms with Gasteiger partial charge in [0, 0.05) is 13.1 Å². The summed E-state index contributed by atoms with van der Waals surface area (Å²) in [6, 6.07) is 2.36. The van der Waals surface area contributed by atoms with Crippen LogP contribution in [0.4, 0.5) is 0 Å². The highest BCUT2D eigenvalue weighted by atomic mass is 15.1. The average Bonchev–Trinajstić information content (AvgIpc) is 2.81. The van der Waals surface area contributed by atoms with Crippen molar-refractivity contribution in [3.05, 3.63) is 0 Å². The van der Waals surface area contributed by atoms with Crippen LogP contribution in [0.15, 0.2) is 0 Å². The Hall–Kier alpha value is -0.590. The molecule has 1 N–H and O–H groups in total. The second-order valence-electron chi connectivity index (χ2n) is 5.14. The van der Waals surface area contributed by atoms with E-state index >= 15 is 0 Å². The number of likely N-dealkylation sites (N-methyl/N-ethyl adjacent to an activating group) is 2. The third-order valence-electron chi connectivity index (χ3n) is 3.22. The van der Waals surface area contributed by atoms with Gasteiger partial charge in [0.05, 0.1) is 6.07 Å². The van der Waals surface area contributed by atoms with Crippen molar-refractivity contribution >= 4 is 0 Å². The van der Waals surface area contributed by atoms with Gasteiger partial charge in [-0.1, -0.05) is 13.8 Å². The van der Waals surface area contributed by atoms with E-state index in [1.807, 2.05) is 13.8 Å². The molecule has 1 aliphatic rings. The summed E-state index contributed by atoms with van der Waals surface area (Å²) in [6.07, 6.45) is 1.36. The highest BCUT2D eigenvalue weighted by molar-refractivity contribution is 5.05. The van der Waals surface area contributed by atoms with Crippen molar-refractivity contribution < 1.29 is 0 Å². The van der Waals surface area contributed by atoms with Gasteiger partial charge in [0.1, 0.15) is 5.54 Å². The Morgan fingerprint density at radius 1 is 1.60 bits per heavy atom. The van der Waals surface area contributed by atoms with E-state index in [1.165, 1.54) is 6.42 Å². The highest BCUT2D eigenvalue weighted by Crippen LogP contribution is 2.38. The van der Waals surface area contributed by atoms with Gasteiger partial charge in [0.2, 0.25) is 0 Å². The van der Waals surface area contributed by atoms with E-state index in [-0.39, 0.29) is 0 Å². The Balaban J connectivity index is 2.34. The smallest absolute Gasteiger partial charge is 0.116 e. The zero-order valence-corrected chi connectivity index (χ0v) is 10.4. The first kappa shape index (κ1) is 12.5. The molecule has 1 fully saturated rings. The molecule has 0 spiro atoms. The minimum Gasteiger partial charge on any atom is -0.303 e. The van der Waals surface area contributed by atoms with E-state index in [0.29, 0.717) is 0 Å². The van der Waals surface area contributed by atoms with Crippen molar-refractivity contribution in [3.63, 3.8) is 0 Å². The van der Waals surface area contributed by atoms with E-state index in [1.54, 1.807) is 0 Å². The van der Waals surface area contributed by atoms with E-state index in [9.17, 15) is 0 Å². The van der Waals surface area contributed by atoms with E-state index in [0.717, 1.165) is 31.5 Å². The summed E-state index contributed by atoms with van der Waals surface area (Å²) in [5.41, 5.74) is -0.401. The summed E-state index contributed by atoms with van der Waals surface area (Å²) in [5, 5.41) is 12.4. The van der Waals surface area contributed by atoms with Gasteiger partial charge in [-0.2, -0.15) is 5.26 Å². The molecule has 0 bridgehead atoms. The van der Waals surface area contributed by atoms with Crippen LogP contribution in [0.25, 0.3) is 0 Å². The molecule has 3 heteroatoms. The summed E-state index contributed by atoms with van der Waals surface area (Å²) in [4.78, 5) is 2.28. The second-order valence-corrected chi connectivity index (χ2v) is 5.14. The van der Waals surface area contributed by atoms with Crippen LogP contribution in [-0.4, -0.2) is 37.1 Å². The number of hydrogen-bond donors (Lipinski definition) is 1. The normalized spacial score (nSPS) is 28.5. The number of nitriles is 1. The van der Waals surface area contributed by atoms with Gasteiger partial charge in [-0.15, -0.1) is 0 Å². The molecule has 0 aromatic rings. The molecular weight excluding hydrogens is 186 g/mol. The molecule has 3 unspecified atom stereocenters. The molecule has 3 atom stereocenters. The standard InChI is InChI=1S/C12H23N3/c1-5-14-12(3,8-13)9-15(4)7-11-6-10(11)2/h10-11,14H,5-7,9H2,1-4H3. The lowest BCUT2D eigenvalue weighted by Gasteiger charge is -2.28. The average molecular weight is 209 g/mol. The maximum Gasteiger partial charge on any atom is 0.116 e. The summed E-state index contributed by atoms with van der Waals surface area (Å²) >= 11 is 0. The lowest BCUT2D eigenvalue weighted by Crippen LogP contribution is -2.49. The lowest BCUT2D eigenvalue weighted by atomic mass is 10.0. The van der Waals surface area contributed by atoms with Crippen LogP contribution in [0.1, 0.15) is 27.2 Å². The predicted molar refractivity (Wildman–Crippen MR) is 62.5 cm³/mol. The molecule has 0 saturated heterocycles. The van der Waals surface area contributed by atoms with Crippen molar-refractivity contribution in [2.45, 2.75) is 32.7 Å². The molecule has 15 heavy (non-hydrogen) atoms. The Morgan fingerprint density at radius 2 is 2.20 bits per heavy atom. The molecular formula is C12H23N3. The molecule has 0 amide bonds. The first-order valence-corrected chi connectivity index (χ1v) is 5.85. The molecule has 0 aromatic heterocycles. The van der Waals surface area contributed by atoms with Crippen LogP contribution >= 0.6 is 0 Å². The van der Waals surface area contributed by atoms with Gasteiger partial charge < -0.3 is 4.90 Å². The Labute approximate surface area is 93.5 Å². The fourth-order valence-corrected chi connectivity index (χ4v) is 2.18. The third kappa shape index (κ3) is 3.81. The SMILES string of the molecule is CCNC(C)(C#N)CN(C)CC1CC1C. The van der Waals surface area contributed by atoms with Gasteiger partial charge in [0.25, 0.3) is 0 Å². The van der Waals surface area contributed by atoms with Crippen molar-refractivity contribution in [2.24, 2.45) is 11.8 Å². The number of nitrogens with one attached hydrogen (secondary N) is 1. The van der Waals surface area contributed by atoms with Gasteiger partial charge in [0.15, 0.2) is 0 Å². The molecule has 0 radical (unpaired) electrons. The van der Waals surface area contributed by atoms with Crippen LogP contribution in [0.5, 0.6) is 0 Å². The summed E-state index contributed by atoms with van der Waals surface area (Å²) < 4.78 is 0. The van der Waals surface area contributed by atoms with Gasteiger partial charge in [-0.05, 0) is 38.8 Å². The quantitative estimate of drug-likeness (QED) is 0.720. The first-order valence-electron chi connectivity index (χ1n) is 5.85. The number of hydrogen-bond acceptors (Lipinski definition) is 3. The maximum absolute atomic E-state index is 9.13. The number of nitrogens with zero attached hydrogens (tertiary/aromatic N) is 2. The second kappa shape index (κ2) is 4.96. The molecule has 1 rings (SSSR count). The molecule has 1 aliphatic carbocycles. The van der Waals surface area contributed by atoms with Crippen molar-refractivity contribution in [2.75, 3.05) is 26.7 Å². The zero-order valence-electron chi connectivity index (χ0n) is 10.4. The van der Waals surface area contributed by atoms with Crippen LogP contribution in [0.2, 0.25) is 0 Å². The topological polar surface area (TPSA) is 39.1 Å². The van der Waals surface area contributed by atoms with Crippen molar-refractivity contribution in [1.82, 2.24) is 10.2 Å². The Morgan fingerprint density at radius 3 is 2.60 bits per heavy atom. The molecule has 86 valence electrons. The van der Waals surface area contributed by atoms with Crippen LogP contribution < -0.4 is 5.32 Å². The molecule has 3 nitrogen and oxygen atoms in total. The van der Waals surface area contributed by atoms with Crippen LogP contribution in [0, 0.1) is 23.2 Å². The largest absolute Gasteiger partial charge is 0.303 e. The van der Waals surface area contributed by atoms with E-state index < -0.39 is 5.54 Å². The van der Waals surface area contributed by atoms with Crippen LogP contribution in [0.3, 0.4) is 0 Å². The van der Waals surface area contributed by atoms with Gasteiger partial charge in [-0.3, -0.25) is 5.32 Å². The summed E-state index contributed by atoms with van der Waals surface area (Å²) in [6.45, 7) is 9.09. The molecule has 0 aromatic carbocycles. The molecule has 1 saturated carbocycles. The zero-order chi connectivity index (χ0) is 11.5. The fourth-order valence-electron chi connectivity index (χ4n) is 2.18. The van der Waals surface area contributed by atoms with Crippen molar-refractivity contribution in [3.8, 4) is 6.07 Å². The first-order chi connectivity index (χ1) is 7.00. The lowest BCUT2D eigenvalue weighted by molar-refractivity contribution is 0.251. The predicted octanol–water partition coefficient (Wildman–Crippen LogP) is 1.47. The summed E-state index contributed by atoms with van der Waals surface area (Å²) in [7, 11) is 2.11. The molecule has 0 heterocycles. The Kier molecular flexibility index (Phi) is 4.12. The van der Waals surface area contributed by atoms with Gasteiger partial charge in [-0.25, -0.2) is 0 Å². The van der Waals surface area contributed by atoms with Gasteiger partial charge >= 0.3 is 0 Å². The minimum absolute atomic E-state index is 0.401. The van der Waals surface area contributed by atoms with E-state index in [2.05, 4.69) is 30.3 Å². The maximum atomic E-state index is 9.13. The monoisotopic (exact) mass is 209 g/mol. The summed E-state index contributed by atoms with van der Waals surface area (Å²) in [5.74, 6) is 1.75. The van der Waals surface area contributed by atoms with Crippen molar-refractivity contribution in [1.29, 1.82) is 5.26 Å². The highest BCUT2D eigenvalue weighted by Gasteiger charge is 2.34. The fraction of sp³-hybridized carbons (Fsp3) is 0.917. The van der Waals surface area contributed by atoms with E-state index in [4.69, 9.17) is 5.26 Å². The number of rotatable bonds is 6. The minimum atomic E-state index is -0.401. The van der Waals surface area contributed by atoms with Crippen LogP contribution in [-0.2, 0) is 0 Å². The Bertz CT molecular complexity index is 246.